The highest BCUT2D eigenvalue weighted by Gasteiger charge is 2.10. The molecule has 5 rings (SSSR count). The Bertz CT molecular complexity index is 1250. The molecule has 1 heteroatoms. The van der Waals surface area contributed by atoms with Gasteiger partial charge in [-0.1, -0.05) is 72.8 Å². The molecule has 4 aromatic carbocycles. The molecule has 0 saturated carbocycles. The summed E-state index contributed by atoms with van der Waals surface area (Å²) in [7, 11) is 0. The van der Waals surface area contributed by atoms with E-state index in [9.17, 15) is 0 Å². The van der Waals surface area contributed by atoms with Gasteiger partial charge in [0, 0.05) is 17.1 Å². The minimum absolute atomic E-state index is 1.04. The zero-order chi connectivity index (χ0) is 16.8. The van der Waals surface area contributed by atoms with Gasteiger partial charge in [0.05, 0.1) is 5.69 Å². The van der Waals surface area contributed by atoms with Gasteiger partial charge in [0.2, 0.25) is 0 Å². The third kappa shape index (κ3) is 2.20. The van der Waals surface area contributed by atoms with Crippen molar-refractivity contribution < 1.29 is 0 Å². The maximum Gasteiger partial charge on any atom is 0.0717 e. The molecule has 0 unspecified atom stereocenters. The van der Waals surface area contributed by atoms with E-state index in [1.54, 1.807) is 0 Å². The number of nitrogens with zero attached hydrogens (tertiary/aromatic N) is 1. The molecule has 0 aliphatic carbocycles. The van der Waals surface area contributed by atoms with E-state index >= 15 is 0 Å². The molecule has 0 fully saturated rings. The van der Waals surface area contributed by atoms with Crippen molar-refractivity contribution in [1.82, 2.24) is 4.98 Å². The van der Waals surface area contributed by atoms with Gasteiger partial charge in [-0.05, 0) is 45.5 Å². The first-order valence-corrected chi connectivity index (χ1v) is 8.57. The van der Waals surface area contributed by atoms with Crippen LogP contribution in [-0.2, 0) is 0 Å². The van der Waals surface area contributed by atoms with E-state index in [-0.39, 0.29) is 0 Å². The highest BCUT2D eigenvalue weighted by atomic mass is 14.7. The molecule has 0 aliphatic rings. The SMILES string of the molecule is Cc1ccc2ccccc2c1-c1cc2c(ccc3ccccc32)cn1. The lowest BCUT2D eigenvalue weighted by Crippen LogP contribution is -1.90. The number of aromatic nitrogens is 1. The molecule has 0 radical (unpaired) electrons. The lowest BCUT2D eigenvalue weighted by atomic mass is 9.95. The van der Waals surface area contributed by atoms with Crippen molar-refractivity contribution in [2.24, 2.45) is 0 Å². The van der Waals surface area contributed by atoms with Gasteiger partial charge in [0.1, 0.15) is 0 Å². The molecule has 1 heterocycles. The Labute approximate surface area is 146 Å². The average Bonchev–Trinajstić information content (AvgIpc) is 2.67. The molecule has 1 nitrogen and oxygen atoms in total. The molecule has 0 amide bonds. The minimum Gasteiger partial charge on any atom is -0.256 e. The number of fused-ring (bicyclic) bond motifs is 4. The minimum atomic E-state index is 1.04. The normalized spacial score (nSPS) is 11.4. The Morgan fingerprint density at radius 3 is 2.08 bits per heavy atom. The predicted molar refractivity (Wildman–Crippen MR) is 107 cm³/mol. The largest absolute Gasteiger partial charge is 0.256 e. The van der Waals surface area contributed by atoms with Crippen LogP contribution in [0.1, 0.15) is 5.56 Å². The van der Waals surface area contributed by atoms with Crippen molar-refractivity contribution in [2.45, 2.75) is 6.92 Å². The van der Waals surface area contributed by atoms with Crippen LogP contribution in [0, 0.1) is 6.92 Å². The first kappa shape index (κ1) is 14.2. The molecular formula is C24H17N. The van der Waals surface area contributed by atoms with E-state index in [1.165, 1.54) is 43.4 Å². The topological polar surface area (TPSA) is 12.9 Å². The van der Waals surface area contributed by atoms with Gasteiger partial charge in [0.15, 0.2) is 0 Å². The number of benzene rings is 4. The number of aryl methyl sites for hydroxylation is 1. The van der Waals surface area contributed by atoms with E-state index < -0.39 is 0 Å². The van der Waals surface area contributed by atoms with E-state index in [4.69, 9.17) is 4.98 Å². The summed E-state index contributed by atoms with van der Waals surface area (Å²) in [5, 5.41) is 7.50. The smallest absolute Gasteiger partial charge is 0.0717 e. The highest BCUT2D eigenvalue weighted by molar-refractivity contribution is 6.09. The summed E-state index contributed by atoms with van der Waals surface area (Å²) in [6.07, 6.45) is 2.00. The molecule has 118 valence electrons. The van der Waals surface area contributed by atoms with Gasteiger partial charge in [0.25, 0.3) is 0 Å². The standard InChI is InChI=1S/C24H17N/c1-16-10-11-18-7-3-5-9-21(18)24(16)23-14-22-19(15-25-23)13-12-17-6-2-4-8-20(17)22/h2-15H,1H3. The zero-order valence-electron chi connectivity index (χ0n) is 14.0. The van der Waals surface area contributed by atoms with Crippen molar-refractivity contribution in [3.63, 3.8) is 0 Å². The average molecular weight is 319 g/mol. The van der Waals surface area contributed by atoms with Gasteiger partial charge in [-0.15, -0.1) is 0 Å². The molecule has 0 bridgehead atoms. The fourth-order valence-electron chi connectivity index (χ4n) is 3.76. The van der Waals surface area contributed by atoms with E-state index in [1.807, 2.05) is 6.20 Å². The first-order valence-electron chi connectivity index (χ1n) is 8.57. The van der Waals surface area contributed by atoms with Gasteiger partial charge < -0.3 is 0 Å². The van der Waals surface area contributed by atoms with Crippen molar-refractivity contribution in [3.05, 3.63) is 90.6 Å². The summed E-state index contributed by atoms with van der Waals surface area (Å²) in [5.74, 6) is 0. The maximum atomic E-state index is 4.79. The zero-order valence-corrected chi connectivity index (χ0v) is 14.0. The van der Waals surface area contributed by atoms with Crippen LogP contribution >= 0.6 is 0 Å². The molecule has 0 spiro atoms. The second-order valence-electron chi connectivity index (χ2n) is 6.56. The van der Waals surface area contributed by atoms with Crippen LogP contribution in [0.4, 0.5) is 0 Å². The molecule has 0 atom stereocenters. The summed E-state index contributed by atoms with van der Waals surface area (Å²) in [4.78, 5) is 4.79. The lowest BCUT2D eigenvalue weighted by Gasteiger charge is -2.12. The van der Waals surface area contributed by atoms with Crippen molar-refractivity contribution in [1.29, 1.82) is 0 Å². The van der Waals surface area contributed by atoms with Crippen LogP contribution in [0.25, 0.3) is 43.6 Å². The summed E-state index contributed by atoms with van der Waals surface area (Å²) in [5.41, 5.74) is 3.52. The molecule has 25 heavy (non-hydrogen) atoms. The van der Waals surface area contributed by atoms with Gasteiger partial charge in [-0.3, -0.25) is 4.98 Å². The summed E-state index contributed by atoms with van der Waals surface area (Å²) < 4.78 is 0. The lowest BCUT2D eigenvalue weighted by molar-refractivity contribution is 1.34. The second-order valence-corrected chi connectivity index (χ2v) is 6.56. The van der Waals surface area contributed by atoms with Crippen LogP contribution in [0.2, 0.25) is 0 Å². The Kier molecular flexibility index (Phi) is 3.07. The Morgan fingerprint density at radius 1 is 0.600 bits per heavy atom. The fourth-order valence-corrected chi connectivity index (χ4v) is 3.76. The number of hydrogen-bond acceptors (Lipinski definition) is 1. The van der Waals surface area contributed by atoms with E-state index in [0.29, 0.717) is 0 Å². The van der Waals surface area contributed by atoms with Crippen LogP contribution in [-0.4, -0.2) is 4.98 Å². The third-order valence-corrected chi connectivity index (χ3v) is 5.02. The molecule has 0 N–H and O–H groups in total. The van der Waals surface area contributed by atoms with Crippen LogP contribution < -0.4 is 0 Å². The number of rotatable bonds is 1. The summed E-state index contributed by atoms with van der Waals surface area (Å²) >= 11 is 0. The monoisotopic (exact) mass is 319 g/mol. The summed E-state index contributed by atoms with van der Waals surface area (Å²) in [6, 6.07) is 28.0. The van der Waals surface area contributed by atoms with Crippen molar-refractivity contribution >= 4 is 32.3 Å². The molecule has 1 aromatic heterocycles. The first-order chi connectivity index (χ1) is 12.3. The summed E-state index contributed by atoms with van der Waals surface area (Å²) in [6.45, 7) is 2.16. The predicted octanol–water partition coefficient (Wildman–Crippen LogP) is 6.52. The van der Waals surface area contributed by atoms with Crippen LogP contribution in [0.5, 0.6) is 0 Å². The van der Waals surface area contributed by atoms with Crippen molar-refractivity contribution in [2.75, 3.05) is 0 Å². The van der Waals surface area contributed by atoms with Gasteiger partial charge in [-0.2, -0.15) is 0 Å². The number of pyridine rings is 1. The molecular weight excluding hydrogens is 302 g/mol. The highest BCUT2D eigenvalue weighted by Crippen LogP contribution is 2.34. The van der Waals surface area contributed by atoms with Crippen LogP contribution in [0.15, 0.2) is 85.1 Å². The van der Waals surface area contributed by atoms with E-state index in [0.717, 1.165) is 5.69 Å². The molecule has 0 aliphatic heterocycles. The Morgan fingerprint density at radius 2 is 1.24 bits per heavy atom. The van der Waals surface area contributed by atoms with Crippen molar-refractivity contribution in [3.8, 4) is 11.3 Å². The van der Waals surface area contributed by atoms with Gasteiger partial charge >= 0.3 is 0 Å². The third-order valence-electron chi connectivity index (χ3n) is 5.02. The van der Waals surface area contributed by atoms with E-state index in [2.05, 4.69) is 85.8 Å². The van der Waals surface area contributed by atoms with Gasteiger partial charge in [-0.25, -0.2) is 0 Å². The quantitative estimate of drug-likeness (QED) is 0.321. The molecule has 0 saturated heterocycles. The molecule has 5 aromatic rings. The maximum absolute atomic E-state index is 4.79. The Balaban J connectivity index is 1.88. The van der Waals surface area contributed by atoms with Crippen LogP contribution in [0.3, 0.4) is 0 Å². The fraction of sp³-hybridized carbons (Fsp3) is 0.0417. The second kappa shape index (κ2) is 5.42. The number of hydrogen-bond donors (Lipinski definition) is 0. The Hall–Kier alpha value is -3.19.